The highest BCUT2D eigenvalue weighted by Gasteiger charge is 2.33. The quantitative estimate of drug-likeness (QED) is 0.841. The molecule has 0 radical (unpaired) electrons. The van der Waals surface area contributed by atoms with Crippen LogP contribution in [-0.4, -0.2) is 14.1 Å². The van der Waals surface area contributed by atoms with Crippen LogP contribution in [0.15, 0.2) is 21.7 Å². The summed E-state index contributed by atoms with van der Waals surface area (Å²) < 4.78 is 39.8. The van der Waals surface area contributed by atoms with Gasteiger partial charge in [-0.15, -0.1) is 0 Å². The summed E-state index contributed by atoms with van der Waals surface area (Å²) in [7, 11) is 1.30. The van der Waals surface area contributed by atoms with Crippen LogP contribution in [0.1, 0.15) is 19.0 Å². The Labute approximate surface area is 111 Å². The third-order valence-corrected chi connectivity index (χ3v) is 2.92. The SMILES string of the molecule is CCCn1c(=O)c2ccc(C(F)(F)F)nc2n(C)c1=O. The van der Waals surface area contributed by atoms with Crippen molar-refractivity contribution in [3.8, 4) is 0 Å². The molecule has 0 bridgehead atoms. The van der Waals surface area contributed by atoms with E-state index in [2.05, 4.69) is 4.98 Å². The smallest absolute Gasteiger partial charge is 0.280 e. The summed E-state index contributed by atoms with van der Waals surface area (Å²) in [6, 6.07) is 1.80. The van der Waals surface area contributed by atoms with Crippen molar-refractivity contribution in [3.05, 3.63) is 38.7 Å². The zero-order chi connectivity index (χ0) is 15.1. The molecule has 20 heavy (non-hydrogen) atoms. The van der Waals surface area contributed by atoms with Gasteiger partial charge in [-0.3, -0.25) is 13.9 Å². The molecule has 5 nitrogen and oxygen atoms in total. The Morgan fingerprint density at radius 2 is 1.90 bits per heavy atom. The maximum atomic E-state index is 12.6. The van der Waals surface area contributed by atoms with Crippen molar-refractivity contribution >= 4 is 11.0 Å². The molecule has 0 amide bonds. The fourth-order valence-electron chi connectivity index (χ4n) is 1.95. The van der Waals surface area contributed by atoms with Crippen LogP contribution in [-0.2, 0) is 19.8 Å². The van der Waals surface area contributed by atoms with Crippen molar-refractivity contribution < 1.29 is 13.2 Å². The number of aromatic nitrogens is 3. The fourth-order valence-corrected chi connectivity index (χ4v) is 1.95. The molecule has 0 spiro atoms. The van der Waals surface area contributed by atoms with E-state index in [1.54, 1.807) is 6.92 Å². The Kier molecular flexibility index (Phi) is 3.41. The first-order valence-corrected chi connectivity index (χ1v) is 5.95. The molecule has 0 atom stereocenters. The first-order chi connectivity index (χ1) is 9.27. The molecule has 2 aromatic heterocycles. The zero-order valence-corrected chi connectivity index (χ0v) is 10.9. The summed E-state index contributed by atoms with van der Waals surface area (Å²) in [5.41, 5.74) is -2.68. The molecule has 108 valence electrons. The van der Waals surface area contributed by atoms with E-state index in [4.69, 9.17) is 0 Å². The van der Waals surface area contributed by atoms with Gasteiger partial charge >= 0.3 is 11.9 Å². The van der Waals surface area contributed by atoms with Crippen molar-refractivity contribution in [1.82, 2.24) is 14.1 Å². The predicted octanol–water partition coefficient (Wildman–Crippen LogP) is 1.52. The molecule has 2 rings (SSSR count). The Morgan fingerprint density at radius 1 is 1.25 bits per heavy atom. The number of nitrogens with zero attached hydrogens (tertiary/aromatic N) is 3. The van der Waals surface area contributed by atoms with Crippen molar-refractivity contribution in [2.45, 2.75) is 26.1 Å². The molecular weight excluding hydrogens is 275 g/mol. The lowest BCUT2D eigenvalue weighted by Crippen LogP contribution is -2.39. The first-order valence-electron chi connectivity index (χ1n) is 5.95. The van der Waals surface area contributed by atoms with Gasteiger partial charge in [0.15, 0.2) is 0 Å². The van der Waals surface area contributed by atoms with Gasteiger partial charge in [-0.05, 0) is 18.6 Å². The Morgan fingerprint density at radius 3 is 2.45 bits per heavy atom. The number of pyridine rings is 1. The number of fused-ring (bicyclic) bond motifs is 1. The summed E-state index contributed by atoms with van der Waals surface area (Å²) in [6.45, 7) is 2.00. The molecule has 0 aliphatic rings. The van der Waals surface area contributed by atoms with Crippen LogP contribution in [0, 0.1) is 0 Å². The van der Waals surface area contributed by atoms with Crippen molar-refractivity contribution in [3.63, 3.8) is 0 Å². The number of halogens is 3. The fraction of sp³-hybridized carbons (Fsp3) is 0.417. The van der Waals surface area contributed by atoms with E-state index in [-0.39, 0.29) is 17.6 Å². The lowest BCUT2D eigenvalue weighted by Gasteiger charge is -2.11. The lowest BCUT2D eigenvalue weighted by molar-refractivity contribution is -0.141. The van der Waals surface area contributed by atoms with Gasteiger partial charge in [0.1, 0.15) is 11.3 Å². The van der Waals surface area contributed by atoms with Gasteiger partial charge in [0.2, 0.25) is 0 Å². The Hall–Kier alpha value is -2.12. The van der Waals surface area contributed by atoms with E-state index in [1.165, 1.54) is 7.05 Å². The standard InChI is InChI=1S/C12H12F3N3O2/c1-3-6-18-10(19)7-4-5-8(12(13,14)15)16-9(7)17(2)11(18)20/h4-5H,3,6H2,1-2H3. The van der Waals surface area contributed by atoms with E-state index in [0.29, 0.717) is 6.42 Å². The first kappa shape index (κ1) is 14.3. The van der Waals surface area contributed by atoms with E-state index in [9.17, 15) is 22.8 Å². The number of hydrogen-bond acceptors (Lipinski definition) is 3. The van der Waals surface area contributed by atoms with Crippen LogP contribution in [0.3, 0.4) is 0 Å². The average Bonchev–Trinajstić information content (AvgIpc) is 2.39. The lowest BCUT2D eigenvalue weighted by atomic mass is 10.2. The van der Waals surface area contributed by atoms with Crippen LogP contribution < -0.4 is 11.2 Å². The molecule has 0 aliphatic carbocycles. The van der Waals surface area contributed by atoms with Gasteiger partial charge in [-0.1, -0.05) is 6.92 Å². The van der Waals surface area contributed by atoms with Crippen LogP contribution in [0.25, 0.3) is 11.0 Å². The highest BCUT2D eigenvalue weighted by atomic mass is 19.4. The molecule has 0 fully saturated rings. The second kappa shape index (κ2) is 4.77. The average molecular weight is 287 g/mol. The minimum absolute atomic E-state index is 0.00597. The van der Waals surface area contributed by atoms with Crippen molar-refractivity contribution in [2.75, 3.05) is 0 Å². The number of rotatable bonds is 2. The molecule has 0 N–H and O–H groups in total. The van der Waals surface area contributed by atoms with Crippen LogP contribution in [0.2, 0.25) is 0 Å². The molecule has 0 saturated heterocycles. The van der Waals surface area contributed by atoms with Gasteiger partial charge in [0.05, 0.1) is 5.39 Å². The molecular formula is C12H12F3N3O2. The van der Waals surface area contributed by atoms with Crippen molar-refractivity contribution in [2.24, 2.45) is 7.05 Å². The number of hydrogen-bond donors (Lipinski definition) is 0. The topological polar surface area (TPSA) is 56.9 Å². The second-order valence-corrected chi connectivity index (χ2v) is 4.36. The van der Waals surface area contributed by atoms with E-state index in [0.717, 1.165) is 21.3 Å². The maximum absolute atomic E-state index is 12.6. The van der Waals surface area contributed by atoms with Gasteiger partial charge < -0.3 is 0 Å². The summed E-state index contributed by atoms with van der Waals surface area (Å²) in [6.07, 6.45) is -4.06. The molecule has 0 saturated carbocycles. The summed E-state index contributed by atoms with van der Waals surface area (Å²) in [4.78, 5) is 27.4. The zero-order valence-electron chi connectivity index (χ0n) is 10.9. The summed E-state index contributed by atoms with van der Waals surface area (Å²) in [5, 5.41) is -0.00597. The Bertz CT molecular complexity index is 774. The largest absolute Gasteiger partial charge is 0.433 e. The van der Waals surface area contributed by atoms with E-state index >= 15 is 0 Å². The predicted molar refractivity (Wildman–Crippen MR) is 66.5 cm³/mol. The minimum Gasteiger partial charge on any atom is -0.280 e. The number of alkyl halides is 3. The van der Waals surface area contributed by atoms with Gasteiger partial charge in [0, 0.05) is 13.6 Å². The highest BCUT2D eigenvalue weighted by Crippen LogP contribution is 2.28. The molecule has 0 aliphatic heterocycles. The Balaban J connectivity index is 2.86. The molecule has 2 aromatic rings. The van der Waals surface area contributed by atoms with Gasteiger partial charge in [0.25, 0.3) is 5.56 Å². The van der Waals surface area contributed by atoms with E-state index in [1.807, 2.05) is 0 Å². The number of aryl methyl sites for hydroxylation is 1. The molecule has 2 heterocycles. The van der Waals surface area contributed by atoms with E-state index < -0.39 is 23.1 Å². The van der Waals surface area contributed by atoms with Crippen LogP contribution >= 0.6 is 0 Å². The minimum atomic E-state index is -4.62. The van der Waals surface area contributed by atoms with Crippen molar-refractivity contribution in [1.29, 1.82) is 0 Å². The summed E-state index contributed by atoms with van der Waals surface area (Å²) in [5.74, 6) is 0. The monoisotopic (exact) mass is 287 g/mol. The molecule has 0 unspecified atom stereocenters. The van der Waals surface area contributed by atoms with Crippen LogP contribution in [0.4, 0.5) is 13.2 Å². The summed E-state index contributed by atoms with van der Waals surface area (Å²) >= 11 is 0. The van der Waals surface area contributed by atoms with Gasteiger partial charge in [-0.2, -0.15) is 13.2 Å². The maximum Gasteiger partial charge on any atom is 0.433 e. The van der Waals surface area contributed by atoms with Crippen LogP contribution in [0.5, 0.6) is 0 Å². The van der Waals surface area contributed by atoms with Gasteiger partial charge in [-0.25, -0.2) is 9.78 Å². The third-order valence-electron chi connectivity index (χ3n) is 2.92. The highest BCUT2D eigenvalue weighted by molar-refractivity contribution is 5.74. The molecule has 0 aromatic carbocycles. The molecule has 8 heteroatoms. The normalized spacial score (nSPS) is 12.1. The third kappa shape index (κ3) is 2.21. The second-order valence-electron chi connectivity index (χ2n) is 4.36.